The van der Waals surface area contributed by atoms with Crippen LogP contribution in [0.25, 0.3) is 0 Å². The van der Waals surface area contributed by atoms with Gasteiger partial charge in [0.05, 0.1) is 0 Å². The van der Waals surface area contributed by atoms with Crippen molar-refractivity contribution in [1.29, 1.82) is 0 Å². The number of ether oxygens (including phenoxy) is 1. The molecule has 1 aromatic carbocycles. The second-order valence-corrected chi connectivity index (χ2v) is 7.11. The molecule has 0 aliphatic heterocycles. The Hall–Kier alpha value is -1.50. The van der Waals surface area contributed by atoms with Crippen LogP contribution < -0.4 is 10.1 Å². The van der Waals surface area contributed by atoms with Gasteiger partial charge in [0, 0.05) is 22.6 Å². The summed E-state index contributed by atoms with van der Waals surface area (Å²) in [5, 5.41) is 2.93. The molecule has 7 heteroatoms. The highest BCUT2D eigenvalue weighted by atomic mass is 32.2. The smallest absolute Gasteiger partial charge is 0.387 e. The van der Waals surface area contributed by atoms with E-state index in [1.165, 1.54) is 18.6 Å². The lowest BCUT2D eigenvalue weighted by Crippen LogP contribution is -2.38. The van der Waals surface area contributed by atoms with Crippen molar-refractivity contribution in [2.75, 3.05) is 5.75 Å². The molecule has 1 aromatic rings. The molecular weight excluding hydrogens is 324 g/mol. The first-order valence-electron chi connectivity index (χ1n) is 7.71. The van der Waals surface area contributed by atoms with Gasteiger partial charge in [0.2, 0.25) is 5.91 Å². The van der Waals surface area contributed by atoms with Crippen molar-refractivity contribution in [2.45, 2.75) is 50.5 Å². The minimum absolute atomic E-state index is 0.0359. The summed E-state index contributed by atoms with van der Waals surface area (Å²) in [6.45, 7) is -2.86. The highest BCUT2D eigenvalue weighted by Crippen LogP contribution is 2.18. The number of rotatable bonds is 7. The van der Waals surface area contributed by atoms with Gasteiger partial charge in [-0.1, -0.05) is 31.4 Å². The summed E-state index contributed by atoms with van der Waals surface area (Å²) >= 11 is 0. The Labute approximate surface area is 137 Å². The average molecular weight is 345 g/mol. The Morgan fingerprint density at radius 3 is 2.48 bits per heavy atom. The largest absolute Gasteiger partial charge is 0.435 e. The number of benzene rings is 1. The van der Waals surface area contributed by atoms with E-state index in [1.807, 2.05) is 0 Å². The standard InChI is InChI=1S/C16H21F2NO3S/c17-16(18)22-14-8-6-12(7-9-14)10-23(21)11-15(20)19-13-4-2-1-3-5-13/h6-9,13,16H,1-5,10-11H2,(H,19,20)/t23-/m1/s1. The summed E-state index contributed by atoms with van der Waals surface area (Å²) < 4.78 is 40.4. The third kappa shape index (κ3) is 6.64. The number of hydrogen-bond donors (Lipinski definition) is 1. The van der Waals surface area contributed by atoms with E-state index in [0.717, 1.165) is 31.2 Å². The number of nitrogens with one attached hydrogen (secondary N) is 1. The average Bonchev–Trinajstić information content (AvgIpc) is 2.49. The first-order valence-corrected chi connectivity index (χ1v) is 9.20. The highest BCUT2D eigenvalue weighted by Gasteiger charge is 2.17. The highest BCUT2D eigenvalue weighted by molar-refractivity contribution is 7.84. The van der Waals surface area contributed by atoms with Crippen molar-refractivity contribution in [3.63, 3.8) is 0 Å². The maximum Gasteiger partial charge on any atom is 0.387 e. The molecule has 0 radical (unpaired) electrons. The van der Waals surface area contributed by atoms with Crippen LogP contribution in [0.3, 0.4) is 0 Å². The molecule has 1 aliphatic carbocycles. The second-order valence-electron chi connectivity index (χ2n) is 5.65. The summed E-state index contributed by atoms with van der Waals surface area (Å²) in [6.07, 6.45) is 5.44. The molecule has 1 saturated carbocycles. The Morgan fingerprint density at radius 2 is 1.87 bits per heavy atom. The molecule has 128 valence electrons. The zero-order valence-electron chi connectivity index (χ0n) is 12.8. The SMILES string of the molecule is O=C(C[S@](=O)Cc1ccc(OC(F)F)cc1)NC1CCCCC1. The van der Waals surface area contributed by atoms with Gasteiger partial charge < -0.3 is 10.1 Å². The maximum absolute atomic E-state index is 12.1. The van der Waals surface area contributed by atoms with Crippen LogP contribution in [0.15, 0.2) is 24.3 Å². The van der Waals surface area contributed by atoms with Crippen molar-refractivity contribution in [1.82, 2.24) is 5.32 Å². The zero-order valence-corrected chi connectivity index (χ0v) is 13.6. The number of hydrogen-bond acceptors (Lipinski definition) is 3. The lowest BCUT2D eigenvalue weighted by molar-refractivity contribution is -0.119. The second kappa shape index (κ2) is 8.96. The molecule has 4 nitrogen and oxygen atoms in total. The van der Waals surface area contributed by atoms with Crippen LogP contribution in [-0.4, -0.2) is 28.5 Å². The molecule has 1 N–H and O–H groups in total. The third-order valence-corrected chi connectivity index (χ3v) is 4.98. The van der Waals surface area contributed by atoms with E-state index in [4.69, 9.17) is 0 Å². The van der Waals surface area contributed by atoms with Crippen molar-refractivity contribution in [3.05, 3.63) is 29.8 Å². The lowest BCUT2D eigenvalue weighted by Gasteiger charge is -2.22. The van der Waals surface area contributed by atoms with E-state index in [9.17, 15) is 17.8 Å². The molecule has 1 fully saturated rings. The van der Waals surface area contributed by atoms with Gasteiger partial charge in [0.1, 0.15) is 11.5 Å². The molecule has 0 spiro atoms. The predicted octanol–water partition coefficient (Wildman–Crippen LogP) is 2.99. The molecule has 0 aromatic heterocycles. The quantitative estimate of drug-likeness (QED) is 0.826. The lowest BCUT2D eigenvalue weighted by atomic mass is 9.95. The fourth-order valence-corrected chi connectivity index (χ4v) is 3.71. The van der Waals surface area contributed by atoms with Crippen LogP contribution in [0, 0.1) is 0 Å². The number of amides is 1. The zero-order chi connectivity index (χ0) is 16.7. The van der Waals surface area contributed by atoms with Crippen LogP contribution in [0.2, 0.25) is 0 Å². The van der Waals surface area contributed by atoms with Gasteiger partial charge >= 0.3 is 6.61 Å². The van der Waals surface area contributed by atoms with Gasteiger partial charge in [-0.2, -0.15) is 8.78 Å². The normalized spacial score (nSPS) is 17.0. The fraction of sp³-hybridized carbons (Fsp3) is 0.562. The van der Waals surface area contributed by atoms with Crippen LogP contribution in [0.1, 0.15) is 37.7 Å². The van der Waals surface area contributed by atoms with Crippen molar-refractivity contribution in [3.8, 4) is 5.75 Å². The predicted molar refractivity (Wildman–Crippen MR) is 84.8 cm³/mol. The van der Waals surface area contributed by atoms with E-state index in [0.29, 0.717) is 0 Å². The van der Waals surface area contributed by atoms with E-state index >= 15 is 0 Å². The maximum atomic E-state index is 12.1. The number of carbonyl (C=O) groups is 1. The summed E-state index contributed by atoms with van der Waals surface area (Å²) in [5.41, 5.74) is 0.718. The van der Waals surface area contributed by atoms with Gasteiger partial charge in [-0.05, 0) is 30.5 Å². The van der Waals surface area contributed by atoms with Crippen molar-refractivity contribution >= 4 is 16.7 Å². The van der Waals surface area contributed by atoms with Crippen LogP contribution in [-0.2, 0) is 21.3 Å². The molecule has 23 heavy (non-hydrogen) atoms. The molecule has 1 atom stereocenters. The molecule has 0 unspecified atom stereocenters. The number of carbonyl (C=O) groups excluding carboxylic acids is 1. The Bertz CT molecular complexity index is 531. The molecule has 0 bridgehead atoms. The van der Waals surface area contributed by atoms with Crippen LogP contribution in [0.4, 0.5) is 8.78 Å². The minimum atomic E-state index is -2.86. The Morgan fingerprint density at radius 1 is 1.22 bits per heavy atom. The fourth-order valence-electron chi connectivity index (χ4n) is 2.67. The van der Waals surface area contributed by atoms with Gasteiger partial charge in [-0.15, -0.1) is 0 Å². The monoisotopic (exact) mass is 345 g/mol. The van der Waals surface area contributed by atoms with Gasteiger partial charge in [0.25, 0.3) is 0 Å². The third-order valence-electron chi connectivity index (χ3n) is 3.74. The van der Waals surface area contributed by atoms with Crippen molar-refractivity contribution in [2.24, 2.45) is 0 Å². The van der Waals surface area contributed by atoms with E-state index in [2.05, 4.69) is 10.1 Å². The molecule has 1 aliphatic rings. The summed E-state index contributed by atoms with van der Waals surface area (Å²) in [6, 6.07) is 6.17. The summed E-state index contributed by atoms with van der Waals surface area (Å²) in [5.74, 6) is 0.0520. The molecule has 2 rings (SSSR count). The number of halogens is 2. The van der Waals surface area contributed by atoms with Crippen LogP contribution >= 0.6 is 0 Å². The Kier molecular flexibility index (Phi) is 6.95. The van der Waals surface area contributed by atoms with E-state index < -0.39 is 17.4 Å². The van der Waals surface area contributed by atoms with Gasteiger partial charge in [-0.25, -0.2) is 0 Å². The molecule has 0 saturated heterocycles. The molecular formula is C16H21F2NO3S. The first kappa shape index (κ1) is 17.8. The van der Waals surface area contributed by atoms with Gasteiger partial charge in [-0.3, -0.25) is 9.00 Å². The van der Waals surface area contributed by atoms with Crippen LogP contribution in [0.5, 0.6) is 5.75 Å². The summed E-state index contributed by atoms with van der Waals surface area (Å²) in [7, 11) is -1.32. The first-order chi connectivity index (χ1) is 11.0. The minimum Gasteiger partial charge on any atom is -0.435 e. The Balaban J connectivity index is 1.76. The molecule has 0 heterocycles. The van der Waals surface area contributed by atoms with E-state index in [-0.39, 0.29) is 29.2 Å². The molecule has 1 amide bonds. The van der Waals surface area contributed by atoms with Gasteiger partial charge in [0.15, 0.2) is 0 Å². The topological polar surface area (TPSA) is 55.4 Å². The van der Waals surface area contributed by atoms with Crippen molar-refractivity contribution < 1.29 is 22.5 Å². The summed E-state index contributed by atoms with van der Waals surface area (Å²) in [4.78, 5) is 11.9. The number of alkyl halides is 2. The van der Waals surface area contributed by atoms with E-state index in [1.54, 1.807) is 12.1 Å².